The van der Waals surface area contributed by atoms with Crippen molar-refractivity contribution in [2.45, 2.75) is 0 Å². The Labute approximate surface area is 293 Å². The number of fused-ring (bicyclic) bond motifs is 8. The zero-order valence-corrected chi connectivity index (χ0v) is 27.4. The Bertz CT molecular complexity index is 2980. The van der Waals surface area contributed by atoms with Crippen LogP contribution in [0.4, 0.5) is 0 Å². The molecule has 0 saturated heterocycles. The zero-order valence-electron chi connectivity index (χ0n) is 27.4. The second kappa shape index (κ2) is 10.8. The molecule has 0 radical (unpaired) electrons. The third-order valence-corrected chi connectivity index (χ3v) is 10.1. The Morgan fingerprint density at radius 2 is 1.04 bits per heavy atom. The predicted molar refractivity (Wildman–Crippen MR) is 207 cm³/mol. The minimum Gasteiger partial charge on any atom is -0.453 e. The van der Waals surface area contributed by atoms with Crippen molar-refractivity contribution in [2.75, 3.05) is 0 Å². The number of hydrogen-bond donors (Lipinski definition) is 0. The first-order valence-corrected chi connectivity index (χ1v) is 17.2. The standard InChI is InChI=1S/C46H28N4O/c1-3-12-29(13-4-1)30-22-24-31(25-23-30)43-44(48-37-18-8-7-17-36(37)47-43)32-26-27-38-35(28-32)42-34-16-11-21-41-45(34)50(39-19-9-10-20-40(39)51-41)46(42)49(38)33-14-5-2-6-15-33/h1-28H. The van der Waals surface area contributed by atoms with E-state index in [1.807, 2.05) is 42.5 Å². The molecule has 238 valence electrons. The molecule has 1 aliphatic rings. The van der Waals surface area contributed by atoms with Gasteiger partial charge in [-0.05, 0) is 65.7 Å². The molecular formula is C46H28N4O. The number of nitrogens with zero attached hydrogens (tertiary/aromatic N) is 4. The van der Waals surface area contributed by atoms with Crippen LogP contribution in [-0.4, -0.2) is 19.1 Å². The molecular weight excluding hydrogens is 625 g/mol. The van der Waals surface area contributed by atoms with Crippen LogP contribution in [0, 0.1) is 0 Å². The van der Waals surface area contributed by atoms with E-state index in [2.05, 4.69) is 137 Å². The Kier molecular flexibility index (Phi) is 5.89. The van der Waals surface area contributed by atoms with Crippen molar-refractivity contribution in [3.8, 4) is 56.5 Å². The van der Waals surface area contributed by atoms with Gasteiger partial charge in [-0.3, -0.25) is 9.13 Å². The molecule has 3 aromatic heterocycles. The largest absolute Gasteiger partial charge is 0.453 e. The van der Waals surface area contributed by atoms with Crippen LogP contribution in [0.25, 0.3) is 88.9 Å². The van der Waals surface area contributed by atoms with Crippen molar-refractivity contribution < 1.29 is 4.74 Å². The van der Waals surface area contributed by atoms with E-state index in [-0.39, 0.29) is 0 Å². The van der Waals surface area contributed by atoms with Gasteiger partial charge in [0.05, 0.1) is 39.1 Å². The highest BCUT2D eigenvalue weighted by atomic mass is 16.5. The van der Waals surface area contributed by atoms with Crippen molar-refractivity contribution >= 4 is 43.9 Å². The van der Waals surface area contributed by atoms with E-state index in [0.29, 0.717) is 0 Å². The first-order valence-electron chi connectivity index (χ1n) is 17.2. The van der Waals surface area contributed by atoms with E-state index < -0.39 is 0 Å². The summed E-state index contributed by atoms with van der Waals surface area (Å²) in [6.45, 7) is 0. The van der Waals surface area contributed by atoms with Crippen molar-refractivity contribution in [1.29, 1.82) is 0 Å². The van der Waals surface area contributed by atoms with Crippen molar-refractivity contribution in [2.24, 2.45) is 0 Å². The zero-order chi connectivity index (χ0) is 33.5. The number of para-hydroxylation sites is 6. The molecule has 11 rings (SSSR count). The molecule has 5 heteroatoms. The van der Waals surface area contributed by atoms with Crippen LogP contribution in [0.2, 0.25) is 0 Å². The van der Waals surface area contributed by atoms with Crippen molar-refractivity contribution in [3.63, 3.8) is 0 Å². The maximum Gasteiger partial charge on any atom is 0.152 e. The third kappa shape index (κ3) is 4.15. The average molecular weight is 653 g/mol. The average Bonchev–Trinajstić information content (AvgIpc) is 3.72. The van der Waals surface area contributed by atoms with E-state index >= 15 is 0 Å². The van der Waals surface area contributed by atoms with Gasteiger partial charge in [0.25, 0.3) is 0 Å². The molecule has 0 amide bonds. The second-order valence-electron chi connectivity index (χ2n) is 13.0. The lowest BCUT2D eigenvalue weighted by molar-refractivity contribution is 0.476. The Hall–Kier alpha value is -6.98. The SMILES string of the molecule is c1ccc(-c2ccc(-c3nc4ccccc4nc3-c3ccc4c(c3)c3c5cccc6c5n(c3n4-c3ccccc3)-c3ccccc3O6)cc2)cc1. The van der Waals surface area contributed by atoms with E-state index in [0.717, 1.165) is 83.9 Å². The van der Waals surface area contributed by atoms with Crippen LogP contribution in [0.15, 0.2) is 170 Å². The fourth-order valence-electron chi connectivity index (χ4n) is 7.82. The quantitative estimate of drug-likeness (QED) is 0.190. The molecule has 0 aliphatic carbocycles. The van der Waals surface area contributed by atoms with Gasteiger partial charge in [-0.1, -0.05) is 115 Å². The van der Waals surface area contributed by atoms with Gasteiger partial charge in [0, 0.05) is 33.0 Å². The van der Waals surface area contributed by atoms with E-state index in [9.17, 15) is 0 Å². The molecule has 0 N–H and O–H groups in total. The number of aromatic nitrogens is 4. The summed E-state index contributed by atoms with van der Waals surface area (Å²) in [5.74, 6) is 1.70. The van der Waals surface area contributed by atoms with Gasteiger partial charge in [-0.15, -0.1) is 0 Å². The highest BCUT2D eigenvalue weighted by molar-refractivity contribution is 6.24. The molecule has 4 heterocycles. The number of hydrogen-bond acceptors (Lipinski definition) is 3. The van der Waals surface area contributed by atoms with Gasteiger partial charge in [0.1, 0.15) is 5.65 Å². The van der Waals surface area contributed by atoms with E-state index in [1.165, 1.54) is 16.5 Å². The van der Waals surface area contributed by atoms with Gasteiger partial charge in [-0.2, -0.15) is 0 Å². The van der Waals surface area contributed by atoms with Gasteiger partial charge in [-0.25, -0.2) is 9.97 Å². The summed E-state index contributed by atoms with van der Waals surface area (Å²) in [4.78, 5) is 10.5. The first kappa shape index (κ1) is 27.9. The number of benzene rings is 7. The van der Waals surface area contributed by atoms with Gasteiger partial charge in [0.2, 0.25) is 0 Å². The summed E-state index contributed by atoms with van der Waals surface area (Å²) in [5.41, 5.74) is 13.3. The Morgan fingerprint density at radius 3 is 1.82 bits per heavy atom. The summed E-state index contributed by atoms with van der Waals surface area (Å²) >= 11 is 0. The number of rotatable bonds is 4. The molecule has 51 heavy (non-hydrogen) atoms. The lowest BCUT2D eigenvalue weighted by Gasteiger charge is -2.21. The van der Waals surface area contributed by atoms with Crippen LogP contribution in [0.1, 0.15) is 0 Å². The molecule has 5 nitrogen and oxygen atoms in total. The topological polar surface area (TPSA) is 44.9 Å². The lowest BCUT2D eigenvalue weighted by Crippen LogP contribution is -2.06. The molecule has 0 atom stereocenters. The number of ether oxygens (including phenoxy) is 1. The van der Waals surface area contributed by atoms with Crippen molar-refractivity contribution in [3.05, 3.63) is 170 Å². The molecule has 1 aliphatic heterocycles. The first-order chi connectivity index (χ1) is 25.3. The van der Waals surface area contributed by atoms with Crippen LogP contribution in [-0.2, 0) is 0 Å². The maximum atomic E-state index is 6.49. The summed E-state index contributed by atoms with van der Waals surface area (Å²) in [6, 6.07) is 59.3. The Balaban J connectivity index is 1.21. The lowest BCUT2D eigenvalue weighted by atomic mass is 9.99. The predicted octanol–water partition coefficient (Wildman–Crippen LogP) is 11.8. The monoisotopic (exact) mass is 652 g/mol. The molecule has 10 aromatic rings. The van der Waals surface area contributed by atoms with Crippen LogP contribution >= 0.6 is 0 Å². The normalized spacial score (nSPS) is 12.1. The van der Waals surface area contributed by atoms with E-state index in [1.54, 1.807) is 0 Å². The highest BCUT2D eigenvalue weighted by Gasteiger charge is 2.28. The molecule has 7 aromatic carbocycles. The molecule has 0 unspecified atom stereocenters. The minimum atomic E-state index is 0.843. The van der Waals surface area contributed by atoms with Crippen LogP contribution in [0.5, 0.6) is 11.5 Å². The van der Waals surface area contributed by atoms with Gasteiger partial charge < -0.3 is 4.74 Å². The van der Waals surface area contributed by atoms with E-state index in [4.69, 9.17) is 14.7 Å². The fraction of sp³-hybridized carbons (Fsp3) is 0. The summed E-state index contributed by atoms with van der Waals surface area (Å²) in [5, 5.41) is 3.47. The smallest absolute Gasteiger partial charge is 0.152 e. The molecule has 0 bridgehead atoms. The molecule has 0 fully saturated rings. The summed E-state index contributed by atoms with van der Waals surface area (Å²) in [7, 11) is 0. The summed E-state index contributed by atoms with van der Waals surface area (Å²) < 4.78 is 11.3. The van der Waals surface area contributed by atoms with Crippen LogP contribution < -0.4 is 4.74 Å². The molecule has 0 spiro atoms. The van der Waals surface area contributed by atoms with Crippen molar-refractivity contribution in [1.82, 2.24) is 19.1 Å². The van der Waals surface area contributed by atoms with Gasteiger partial charge in [0.15, 0.2) is 11.5 Å². The molecule has 0 saturated carbocycles. The van der Waals surface area contributed by atoms with Gasteiger partial charge >= 0.3 is 0 Å². The second-order valence-corrected chi connectivity index (χ2v) is 13.0. The van der Waals surface area contributed by atoms with Crippen LogP contribution in [0.3, 0.4) is 0 Å². The Morgan fingerprint density at radius 1 is 0.431 bits per heavy atom. The maximum absolute atomic E-state index is 6.49. The third-order valence-electron chi connectivity index (χ3n) is 10.1. The fourth-order valence-corrected chi connectivity index (χ4v) is 7.82. The highest BCUT2D eigenvalue weighted by Crippen LogP contribution is 2.49. The minimum absolute atomic E-state index is 0.843. The summed E-state index contributed by atoms with van der Waals surface area (Å²) in [6.07, 6.45) is 0.